The van der Waals surface area contributed by atoms with E-state index in [9.17, 15) is 22.8 Å². The fraction of sp³-hybridized carbons (Fsp3) is 0.545. The topological polar surface area (TPSA) is 79.5 Å². The molecular formula is C22H25F3N4O3. The number of carbonyl (C=O) groups excluding carboxylic acids is 2. The number of halogens is 3. The van der Waals surface area contributed by atoms with Crippen molar-refractivity contribution in [1.82, 2.24) is 19.9 Å². The van der Waals surface area contributed by atoms with Crippen LogP contribution < -0.4 is 0 Å². The minimum atomic E-state index is -4.48. The van der Waals surface area contributed by atoms with Gasteiger partial charge in [0.1, 0.15) is 0 Å². The number of alkyl halides is 3. The van der Waals surface area contributed by atoms with Gasteiger partial charge in [-0.25, -0.2) is 0 Å². The van der Waals surface area contributed by atoms with Gasteiger partial charge in [-0.2, -0.15) is 18.2 Å². The maximum absolute atomic E-state index is 12.9. The SMILES string of the molecule is CC1CN(C(=O)Cc2noc(-c3cccc(C(F)(F)F)c3)n2)CCN1C(=O)C1CCCC1. The molecule has 0 bridgehead atoms. The molecule has 2 fully saturated rings. The van der Waals surface area contributed by atoms with Gasteiger partial charge in [0.05, 0.1) is 12.0 Å². The zero-order valence-corrected chi connectivity index (χ0v) is 17.8. The summed E-state index contributed by atoms with van der Waals surface area (Å²) in [5.41, 5.74) is -0.677. The number of hydrogen-bond donors (Lipinski definition) is 0. The molecule has 2 aromatic rings. The third-order valence-corrected chi connectivity index (χ3v) is 6.18. The molecule has 1 atom stereocenters. The second kappa shape index (κ2) is 8.91. The van der Waals surface area contributed by atoms with E-state index < -0.39 is 11.7 Å². The van der Waals surface area contributed by atoms with E-state index in [2.05, 4.69) is 10.1 Å². The van der Waals surface area contributed by atoms with Crippen LogP contribution in [0.2, 0.25) is 0 Å². The summed E-state index contributed by atoms with van der Waals surface area (Å²) in [7, 11) is 0. The van der Waals surface area contributed by atoms with Crippen LogP contribution in [0.5, 0.6) is 0 Å². The van der Waals surface area contributed by atoms with Crippen molar-refractivity contribution >= 4 is 11.8 Å². The molecule has 1 aliphatic heterocycles. The molecule has 2 heterocycles. The normalized spacial score (nSPS) is 20.1. The van der Waals surface area contributed by atoms with Crippen LogP contribution in [-0.4, -0.2) is 57.4 Å². The van der Waals surface area contributed by atoms with Gasteiger partial charge in [0.2, 0.25) is 11.8 Å². The highest BCUT2D eigenvalue weighted by Gasteiger charge is 2.35. The molecule has 1 aromatic heterocycles. The zero-order chi connectivity index (χ0) is 22.9. The number of piperazine rings is 1. The Morgan fingerprint density at radius 1 is 1.19 bits per heavy atom. The fourth-order valence-corrected chi connectivity index (χ4v) is 4.44. The Hall–Kier alpha value is -2.91. The van der Waals surface area contributed by atoms with Crippen LogP contribution in [0.25, 0.3) is 11.5 Å². The lowest BCUT2D eigenvalue weighted by Crippen LogP contribution is -2.56. The molecule has 1 aromatic carbocycles. The maximum atomic E-state index is 12.9. The first-order valence-electron chi connectivity index (χ1n) is 10.8. The number of nitrogens with zero attached hydrogens (tertiary/aromatic N) is 4. The molecule has 32 heavy (non-hydrogen) atoms. The summed E-state index contributed by atoms with van der Waals surface area (Å²) in [6.07, 6.45) is -0.529. The van der Waals surface area contributed by atoms with E-state index in [1.807, 2.05) is 11.8 Å². The summed E-state index contributed by atoms with van der Waals surface area (Å²) >= 11 is 0. The smallest absolute Gasteiger partial charge is 0.338 e. The van der Waals surface area contributed by atoms with Gasteiger partial charge in [-0.05, 0) is 38.0 Å². The molecule has 1 saturated carbocycles. The molecule has 2 aliphatic rings. The number of aromatic nitrogens is 2. The zero-order valence-electron chi connectivity index (χ0n) is 17.8. The number of hydrogen-bond acceptors (Lipinski definition) is 5. The van der Waals surface area contributed by atoms with E-state index in [4.69, 9.17) is 4.52 Å². The summed E-state index contributed by atoms with van der Waals surface area (Å²) in [5, 5.41) is 3.75. The predicted octanol–water partition coefficient (Wildman–Crippen LogP) is 3.55. The molecule has 172 valence electrons. The van der Waals surface area contributed by atoms with Gasteiger partial charge in [0.15, 0.2) is 5.82 Å². The molecule has 1 unspecified atom stereocenters. The molecule has 4 rings (SSSR count). The minimum Gasteiger partial charge on any atom is -0.338 e. The highest BCUT2D eigenvalue weighted by molar-refractivity contribution is 5.81. The quantitative estimate of drug-likeness (QED) is 0.712. The average Bonchev–Trinajstić information content (AvgIpc) is 3.45. The largest absolute Gasteiger partial charge is 0.416 e. The Morgan fingerprint density at radius 2 is 1.94 bits per heavy atom. The third kappa shape index (κ3) is 4.78. The van der Waals surface area contributed by atoms with Crippen molar-refractivity contribution in [3.05, 3.63) is 35.7 Å². The van der Waals surface area contributed by atoms with E-state index in [1.165, 1.54) is 12.1 Å². The second-order valence-electron chi connectivity index (χ2n) is 8.47. The molecule has 0 N–H and O–H groups in total. The molecule has 1 saturated heterocycles. The Labute approximate surface area is 183 Å². The predicted molar refractivity (Wildman–Crippen MR) is 108 cm³/mol. The van der Waals surface area contributed by atoms with E-state index in [1.54, 1.807) is 4.90 Å². The van der Waals surface area contributed by atoms with Crippen LogP contribution in [0.3, 0.4) is 0 Å². The lowest BCUT2D eigenvalue weighted by atomic mass is 10.0. The van der Waals surface area contributed by atoms with Crippen molar-refractivity contribution in [3.63, 3.8) is 0 Å². The van der Waals surface area contributed by atoms with Crippen molar-refractivity contribution in [3.8, 4) is 11.5 Å². The van der Waals surface area contributed by atoms with Crippen LogP contribution in [0.1, 0.15) is 44.0 Å². The lowest BCUT2D eigenvalue weighted by Gasteiger charge is -2.41. The summed E-state index contributed by atoms with van der Waals surface area (Å²) in [4.78, 5) is 33.1. The van der Waals surface area contributed by atoms with E-state index >= 15 is 0 Å². The molecule has 1 aliphatic carbocycles. The van der Waals surface area contributed by atoms with E-state index in [-0.39, 0.29) is 47.5 Å². The number of amides is 2. The van der Waals surface area contributed by atoms with Gasteiger partial charge in [0, 0.05) is 37.2 Å². The van der Waals surface area contributed by atoms with Crippen LogP contribution in [0.15, 0.2) is 28.8 Å². The maximum Gasteiger partial charge on any atom is 0.416 e. The van der Waals surface area contributed by atoms with Gasteiger partial charge < -0.3 is 14.3 Å². The van der Waals surface area contributed by atoms with Gasteiger partial charge in [-0.15, -0.1) is 0 Å². The molecular weight excluding hydrogens is 425 g/mol. The Morgan fingerprint density at radius 3 is 2.62 bits per heavy atom. The first-order valence-corrected chi connectivity index (χ1v) is 10.8. The summed E-state index contributed by atoms with van der Waals surface area (Å²) in [6, 6.07) is 4.52. The van der Waals surface area contributed by atoms with Crippen molar-refractivity contribution in [2.24, 2.45) is 5.92 Å². The highest BCUT2D eigenvalue weighted by atomic mass is 19.4. The van der Waals surface area contributed by atoms with Crippen LogP contribution in [-0.2, 0) is 22.2 Å². The fourth-order valence-electron chi connectivity index (χ4n) is 4.44. The van der Waals surface area contributed by atoms with Crippen molar-refractivity contribution in [2.75, 3.05) is 19.6 Å². The number of rotatable bonds is 4. The lowest BCUT2D eigenvalue weighted by molar-refractivity contribution is -0.145. The summed E-state index contributed by atoms with van der Waals surface area (Å²) in [5.74, 6) is 0.124. The first kappa shape index (κ1) is 22.3. The van der Waals surface area contributed by atoms with Crippen LogP contribution in [0.4, 0.5) is 13.2 Å². The van der Waals surface area contributed by atoms with Crippen LogP contribution >= 0.6 is 0 Å². The van der Waals surface area contributed by atoms with Gasteiger partial charge in [-0.1, -0.05) is 24.1 Å². The number of benzene rings is 1. The highest BCUT2D eigenvalue weighted by Crippen LogP contribution is 2.32. The average molecular weight is 450 g/mol. The molecule has 10 heteroatoms. The number of carbonyl (C=O) groups is 2. The second-order valence-corrected chi connectivity index (χ2v) is 8.47. The van der Waals surface area contributed by atoms with Crippen molar-refractivity contribution in [2.45, 2.75) is 51.2 Å². The standard InChI is InChI=1S/C22H25F3N4O3/c1-14-13-28(9-10-29(14)21(31)15-5-2-3-6-15)19(30)12-18-26-20(32-27-18)16-7-4-8-17(11-16)22(23,24)25/h4,7-8,11,14-15H,2-3,5-6,9-10,12-13H2,1H3. The van der Waals surface area contributed by atoms with Gasteiger partial charge in [-0.3, -0.25) is 9.59 Å². The molecule has 2 amide bonds. The van der Waals surface area contributed by atoms with Gasteiger partial charge in [0.25, 0.3) is 5.89 Å². The Bertz CT molecular complexity index is 985. The Kier molecular flexibility index (Phi) is 6.21. The molecule has 0 radical (unpaired) electrons. The van der Waals surface area contributed by atoms with Crippen molar-refractivity contribution < 1.29 is 27.3 Å². The third-order valence-electron chi connectivity index (χ3n) is 6.18. The summed E-state index contributed by atoms with van der Waals surface area (Å²) < 4.78 is 43.8. The summed E-state index contributed by atoms with van der Waals surface area (Å²) in [6.45, 7) is 3.28. The van der Waals surface area contributed by atoms with Gasteiger partial charge >= 0.3 is 6.18 Å². The minimum absolute atomic E-state index is 0.0701. The molecule has 7 nitrogen and oxygen atoms in total. The van der Waals surface area contributed by atoms with E-state index in [0.29, 0.717) is 19.6 Å². The monoisotopic (exact) mass is 450 g/mol. The molecule has 0 spiro atoms. The Balaban J connectivity index is 1.36. The van der Waals surface area contributed by atoms with Crippen molar-refractivity contribution in [1.29, 1.82) is 0 Å². The van der Waals surface area contributed by atoms with E-state index in [0.717, 1.165) is 37.8 Å². The first-order chi connectivity index (χ1) is 15.2. The van der Waals surface area contributed by atoms with Crippen LogP contribution in [0, 0.1) is 5.92 Å².